The Hall–Kier alpha value is -2.80. The van der Waals surface area contributed by atoms with Crippen LogP contribution >= 0.6 is 0 Å². The SMILES string of the molecule is COc1ccc(OC)c(-c2[nH]ncc2CN2CCC[C@@H]2c2cc(C(C)C)on2)c1. The van der Waals surface area contributed by atoms with Gasteiger partial charge in [0.1, 0.15) is 23.0 Å². The Morgan fingerprint density at radius 3 is 2.83 bits per heavy atom. The maximum atomic E-state index is 5.57. The molecule has 1 N–H and O–H groups in total. The molecule has 1 aliphatic rings. The number of aromatic amines is 1. The molecule has 7 heteroatoms. The van der Waals surface area contributed by atoms with Crippen LogP contribution in [-0.4, -0.2) is 41.0 Å². The lowest BCUT2D eigenvalue weighted by atomic mass is 10.0. The molecule has 0 bridgehead atoms. The highest BCUT2D eigenvalue weighted by molar-refractivity contribution is 5.71. The number of ether oxygens (including phenoxy) is 2. The number of hydrogen-bond donors (Lipinski definition) is 1. The first-order chi connectivity index (χ1) is 14.1. The molecule has 2 aromatic heterocycles. The summed E-state index contributed by atoms with van der Waals surface area (Å²) in [6.07, 6.45) is 4.12. The lowest BCUT2D eigenvalue weighted by molar-refractivity contribution is 0.236. The van der Waals surface area contributed by atoms with Crippen LogP contribution in [0, 0.1) is 0 Å². The first-order valence-corrected chi connectivity index (χ1v) is 10.1. The fourth-order valence-electron chi connectivity index (χ4n) is 3.98. The highest BCUT2D eigenvalue weighted by atomic mass is 16.5. The van der Waals surface area contributed by atoms with E-state index >= 15 is 0 Å². The van der Waals surface area contributed by atoms with Gasteiger partial charge in [0.25, 0.3) is 0 Å². The Morgan fingerprint density at radius 2 is 2.10 bits per heavy atom. The summed E-state index contributed by atoms with van der Waals surface area (Å²) in [6.45, 7) is 6.04. The van der Waals surface area contributed by atoms with Crippen LogP contribution in [0.1, 0.15) is 55.7 Å². The smallest absolute Gasteiger partial charge is 0.139 e. The highest BCUT2D eigenvalue weighted by Crippen LogP contribution is 2.37. The highest BCUT2D eigenvalue weighted by Gasteiger charge is 2.30. The topological polar surface area (TPSA) is 76.4 Å². The molecule has 1 aliphatic heterocycles. The van der Waals surface area contributed by atoms with E-state index < -0.39 is 0 Å². The van der Waals surface area contributed by atoms with Gasteiger partial charge >= 0.3 is 0 Å². The van der Waals surface area contributed by atoms with Crippen LogP contribution in [0.4, 0.5) is 0 Å². The zero-order valence-corrected chi connectivity index (χ0v) is 17.4. The summed E-state index contributed by atoms with van der Waals surface area (Å²) in [6, 6.07) is 8.16. The van der Waals surface area contributed by atoms with E-state index in [1.165, 1.54) is 0 Å². The summed E-state index contributed by atoms with van der Waals surface area (Å²) in [7, 11) is 3.34. The van der Waals surface area contributed by atoms with Gasteiger partial charge in [-0.25, -0.2) is 0 Å². The van der Waals surface area contributed by atoms with Crippen LogP contribution in [-0.2, 0) is 6.54 Å². The van der Waals surface area contributed by atoms with Gasteiger partial charge in [0, 0.05) is 29.7 Å². The van der Waals surface area contributed by atoms with E-state index in [0.29, 0.717) is 5.92 Å². The van der Waals surface area contributed by atoms with E-state index in [0.717, 1.165) is 65.7 Å². The Kier molecular flexibility index (Phi) is 5.58. The van der Waals surface area contributed by atoms with Crippen molar-refractivity contribution < 1.29 is 14.0 Å². The van der Waals surface area contributed by atoms with Crippen molar-refractivity contribution in [1.29, 1.82) is 0 Å². The van der Waals surface area contributed by atoms with Crippen LogP contribution in [0.15, 0.2) is 35.0 Å². The molecule has 4 rings (SSSR count). The van der Waals surface area contributed by atoms with Gasteiger partial charge in [0.15, 0.2) is 0 Å². The maximum absolute atomic E-state index is 5.57. The largest absolute Gasteiger partial charge is 0.497 e. The maximum Gasteiger partial charge on any atom is 0.139 e. The number of nitrogens with one attached hydrogen (secondary N) is 1. The zero-order chi connectivity index (χ0) is 20.4. The molecule has 154 valence electrons. The summed E-state index contributed by atoms with van der Waals surface area (Å²) >= 11 is 0. The molecule has 0 amide bonds. The molecule has 0 spiro atoms. The number of H-pyrrole nitrogens is 1. The summed E-state index contributed by atoms with van der Waals surface area (Å²) in [5, 5.41) is 11.8. The van der Waals surface area contributed by atoms with E-state index in [1.807, 2.05) is 24.4 Å². The third-order valence-electron chi connectivity index (χ3n) is 5.59. The van der Waals surface area contributed by atoms with Crippen molar-refractivity contribution in [3.63, 3.8) is 0 Å². The van der Waals surface area contributed by atoms with Crippen LogP contribution in [0.25, 0.3) is 11.3 Å². The number of rotatable bonds is 7. The van der Waals surface area contributed by atoms with Gasteiger partial charge in [-0.1, -0.05) is 19.0 Å². The number of benzene rings is 1. The summed E-state index contributed by atoms with van der Waals surface area (Å²) < 4.78 is 16.5. The molecule has 1 atom stereocenters. The molecule has 0 aliphatic carbocycles. The second-order valence-corrected chi connectivity index (χ2v) is 7.77. The molecular formula is C22H28N4O3. The van der Waals surface area contributed by atoms with Gasteiger partial charge in [0.2, 0.25) is 0 Å². The Morgan fingerprint density at radius 1 is 1.24 bits per heavy atom. The Balaban J connectivity index is 1.60. The zero-order valence-electron chi connectivity index (χ0n) is 17.4. The van der Waals surface area contributed by atoms with Gasteiger partial charge in [0.05, 0.1) is 32.2 Å². The van der Waals surface area contributed by atoms with Crippen LogP contribution < -0.4 is 9.47 Å². The molecule has 3 aromatic rings. The van der Waals surface area contributed by atoms with Crippen molar-refractivity contribution >= 4 is 0 Å². The minimum absolute atomic E-state index is 0.265. The van der Waals surface area contributed by atoms with Crippen molar-refractivity contribution in [2.24, 2.45) is 0 Å². The van der Waals surface area contributed by atoms with E-state index in [1.54, 1.807) is 14.2 Å². The average Bonchev–Trinajstić information content (AvgIpc) is 3.48. The van der Waals surface area contributed by atoms with Crippen LogP contribution in [0.3, 0.4) is 0 Å². The number of likely N-dealkylation sites (tertiary alicyclic amines) is 1. The summed E-state index contributed by atoms with van der Waals surface area (Å²) in [4.78, 5) is 2.45. The Labute approximate surface area is 171 Å². The minimum atomic E-state index is 0.265. The molecule has 29 heavy (non-hydrogen) atoms. The molecule has 0 unspecified atom stereocenters. The third kappa shape index (κ3) is 3.87. The van der Waals surface area contributed by atoms with E-state index in [9.17, 15) is 0 Å². The van der Waals surface area contributed by atoms with Gasteiger partial charge < -0.3 is 14.0 Å². The van der Waals surface area contributed by atoms with Crippen molar-refractivity contribution in [2.75, 3.05) is 20.8 Å². The summed E-state index contributed by atoms with van der Waals surface area (Å²) in [5.41, 5.74) is 4.04. The molecule has 1 fully saturated rings. The molecule has 3 heterocycles. The van der Waals surface area contributed by atoms with Crippen molar-refractivity contribution in [3.8, 4) is 22.8 Å². The Bertz CT molecular complexity index is 963. The van der Waals surface area contributed by atoms with Crippen molar-refractivity contribution in [2.45, 2.75) is 45.2 Å². The number of aromatic nitrogens is 3. The van der Waals surface area contributed by atoms with Crippen molar-refractivity contribution in [1.82, 2.24) is 20.3 Å². The van der Waals surface area contributed by atoms with Gasteiger partial charge in [-0.15, -0.1) is 0 Å². The molecule has 1 aromatic carbocycles. The molecule has 7 nitrogen and oxygen atoms in total. The van der Waals surface area contributed by atoms with E-state index in [4.69, 9.17) is 14.0 Å². The fraction of sp³-hybridized carbons (Fsp3) is 0.455. The first kappa shape index (κ1) is 19.5. The molecule has 1 saturated heterocycles. The monoisotopic (exact) mass is 396 g/mol. The predicted molar refractivity (Wildman–Crippen MR) is 110 cm³/mol. The predicted octanol–water partition coefficient (Wildman–Crippen LogP) is 4.54. The van der Waals surface area contributed by atoms with E-state index in [2.05, 4.69) is 40.2 Å². The van der Waals surface area contributed by atoms with Crippen LogP contribution in [0.2, 0.25) is 0 Å². The third-order valence-corrected chi connectivity index (χ3v) is 5.59. The molecular weight excluding hydrogens is 368 g/mol. The standard InChI is InChI=1S/C22H28N4O3/c1-14(2)21-11-18(25-29-21)19-6-5-9-26(19)13-15-12-23-24-22(15)17-10-16(27-3)7-8-20(17)28-4/h7-8,10-12,14,19H,5-6,9,13H2,1-4H3,(H,23,24)/t19-/m1/s1. The average molecular weight is 396 g/mol. The minimum Gasteiger partial charge on any atom is -0.497 e. The number of methoxy groups -OCH3 is 2. The van der Waals surface area contributed by atoms with Crippen molar-refractivity contribution in [3.05, 3.63) is 47.5 Å². The van der Waals surface area contributed by atoms with Gasteiger partial charge in [-0.2, -0.15) is 5.10 Å². The second kappa shape index (κ2) is 8.29. The molecule has 0 radical (unpaired) electrons. The number of nitrogens with zero attached hydrogens (tertiary/aromatic N) is 3. The quantitative estimate of drug-likeness (QED) is 0.632. The van der Waals surface area contributed by atoms with E-state index in [-0.39, 0.29) is 6.04 Å². The summed E-state index contributed by atoms with van der Waals surface area (Å²) in [5.74, 6) is 2.85. The molecule has 0 saturated carbocycles. The normalized spacial score (nSPS) is 17.2. The second-order valence-electron chi connectivity index (χ2n) is 7.77. The fourth-order valence-corrected chi connectivity index (χ4v) is 3.98. The number of hydrogen-bond acceptors (Lipinski definition) is 6. The van der Waals surface area contributed by atoms with Gasteiger partial charge in [-0.3, -0.25) is 10.00 Å². The lowest BCUT2D eigenvalue weighted by Crippen LogP contribution is -2.23. The van der Waals surface area contributed by atoms with Crippen LogP contribution in [0.5, 0.6) is 11.5 Å². The first-order valence-electron chi connectivity index (χ1n) is 10.1. The van der Waals surface area contributed by atoms with Gasteiger partial charge in [-0.05, 0) is 37.6 Å². The lowest BCUT2D eigenvalue weighted by Gasteiger charge is -2.22.